The monoisotopic (exact) mass is 450 g/mol. The number of alkyl halides is 3. The SMILES string of the molecule is O=S(=O)(Oc1ccc(-c2ccc(O)c3c2C2CCC3C2)c2c1CC1CCC21)C(F)(F)F. The minimum atomic E-state index is -5.72. The third-order valence-corrected chi connectivity index (χ3v) is 8.82. The Kier molecular flexibility index (Phi) is 3.88. The van der Waals surface area contributed by atoms with E-state index in [4.69, 9.17) is 0 Å². The summed E-state index contributed by atoms with van der Waals surface area (Å²) in [6.45, 7) is 0. The standard InChI is InChI=1S/C23H21F3O4S/c24-23(25,26)31(28,29)30-19-8-6-16(22-14-4-3-11(14)10-17(19)22)15-5-7-18(27)21-13-2-1-12(9-13)20(15)21/h5-8,11-14,27H,1-4,9-10H2. The zero-order chi connectivity index (χ0) is 21.7. The van der Waals surface area contributed by atoms with Gasteiger partial charge in [0.25, 0.3) is 0 Å². The van der Waals surface area contributed by atoms with Crippen LogP contribution in [0.4, 0.5) is 13.2 Å². The number of phenols is 1. The van der Waals surface area contributed by atoms with Crippen LogP contribution in [0.25, 0.3) is 11.1 Å². The van der Waals surface area contributed by atoms with Gasteiger partial charge in [-0.15, -0.1) is 0 Å². The molecule has 2 bridgehead atoms. The molecule has 2 aromatic carbocycles. The number of rotatable bonds is 3. The van der Waals surface area contributed by atoms with Gasteiger partial charge in [0.2, 0.25) is 0 Å². The molecule has 0 aliphatic heterocycles. The molecule has 6 rings (SSSR count). The maximum Gasteiger partial charge on any atom is 0.534 e. The normalized spacial score (nSPS) is 28.1. The summed E-state index contributed by atoms with van der Waals surface area (Å²) in [7, 11) is -5.72. The Morgan fingerprint density at radius 1 is 0.903 bits per heavy atom. The van der Waals surface area contributed by atoms with Gasteiger partial charge in [0.1, 0.15) is 11.5 Å². The van der Waals surface area contributed by atoms with Crippen molar-refractivity contribution in [1.29, 1.82) is 0 Å². The second-order valence-electron chi connectivity index (χ2n) is 9.30. The highest BCUT2D eigenvalue weighted by molar-refractivity contribution is 7.88. The maximum atomic E-state index is 12.9. The van der Waals surface area contributed by atoms with Gasteiger partial charge in [0, 0.05) is 11.1 Å². The number of aromatic hydroxyl groups is 1. The number of hydrogen-bond acceptors (Lipinski definition) is 4. The van der Waals surface area contributed by atoms with Crippen LogP contribution < -0.4 is 4.18 Å². The van der Waals surface area contributed by atoms with Crippen molar-refractivity contribution in [3.8, 4) is 22.6 Å². The molecule has 0 saturated heterocycles. The predicted octanol–water partition coefficient (Wildman–Crippen LogP) is 5.70. The molecular formula is C23H21F3O4S. The zero-order valence-corrected chi connectivity index (χ0v) is 17.4. The van der Waals surface area contributed by atoms with Crippen LogP contribution in [0.2, 0.25) is 0 Å². The van der Waals surface area contributed by atoms with Crippen LogP contribution in [-0.4, -0.2) is 19.0 Å². The Labute approximate surface area is 178 Å². The van der Waals surface area contributed by atoms with Crippen LogP contribution in [-0.2, 0) is 16.5 Å². The van der Waals surface area contributed by atoms with E-state index in [1.165, 1.54) is 6.07 Å². The molecule has 0 heterocycles. The first kappa shape index (κ1) is 19.5. The topological polar surface area (TPSA) is 63.6 Å². The molecule has 4 atom stereocenters. The smallest absolute Gasteiger partial charge is 0.508 e. The van der Waals surface area contributed by atoms with Crippen molar-refractivity contribution in [3.63, 3.8) is 0 Å². The average molecular weight is 450 g/mol. The van der Waals surface area contributed by atoms with E-state index in [9.17, 15) is 26.7 Å². The molecule has 1 N–H and O–H groups in total. The lowest BCUT2D eigenvalue weighted by Crippen LogP contribution is -2.28. The lowest BCUT2D eigenvalue weighted by molar-refractivity contribution is -0.0500. The first-order valence-corrected chi connectivity index (χ1v) is 12.1. The number of fused-ring (bicyclic) bond motifs is 8. The summed E-state index contributed by atoms with van der Waals surface area (Å²) in [5.41, 5.74) is 0.206. The fraction of sp³-hybridized carbons (Fsp3) is 0.478. The summed E-state index contributed by atoms with van der Waals surface area (Å²) in [6, 6.07) is 6.70. The molecule has 0 amide bonds. The average Bonchev–Trinajstić information content (AvgIpc) is 3.35. The van der Waals surface area contributed by atoms with E-state index in [0.29, 0.717) is 35.5 Å². The van der Waals surface area contributed by atoms with Gasteiger partial charge in [-0.2, -0.15) is 21.6 Å². The van der Waals surface area contributed by atoms with Gasteiger partial charge >= 0.3 is 15.6 Å². The van der Waals surface area contributed by atoms with Gasteiger partial charge in [-0.05, 0) is 96.6 Å². The molecule has 2 aromatic rings. The molecule has 4 aliphatic carbocycles. The zero-order valence-electron chi connectivity index (χ0n) is 16.6. The highest BCUT2D eigenvalue weighted by atomic mass is 32.2. The molecule has 0 aromatic heterocycles. The van der Waals surface area contributed by atoms with E-state index in [-0.39, 0.29) is 11.7 Å². The molecule has 2 fully saturated rings. The highest BCUT2D eigenvalue weighted by Gasteiger charge is 2.50. The third-order valence-electron chi connectivity index (χ3n) is 7.86. The minimum absolute atomic E-state index is 0.206. The molecule has 8 heteroatoms. The van der Waals surface area contributed by atoms with Gasteiger partial charge in [-0.3, -0.25) is 0 Å². The van der Waals surface area contributed by atoms with E-state index in [1.54, 1.807) is 12.1 Å². The summed E-state index contributed by atoms with van der Waals surface area (Å²) in [5, 5.41) is 10.5. The fourth-order valence-corrected chi connectivity index (χ4v) is 6.93. The highest BCUT2D eigenvalue weighted by Crippen LogP contribution is 2.61. The number of phenolic OH excluding ortho intramolecular Hbond substituents is 1. The summed E-state index contributed by atoms with van der Waals surface area (Å²) < 4.78 is 66.7. The maximum absolute atomic E-state index is 12.9. The van der Waals surface area contributed by atoms with Crippen LogP contribution in [0.1, 0.15) is 72.1 Å². The van der Waals surface area contributed by atoms with Gasteiger partial charge in [0.15, 0.2) is 0 Å². The first-order chi connectivity index (χ1) is 14.7. The van der Waals surface area contributed by atoms with Crippen molar-refractivity contribution in [2.45, 2.75) is 61.8 Å². The van der Waals surface area contributed by atoms with Crippen LogP contribution in [0.5, 0.6) is 11.5 Å². The van der Waals surface area contributed by atoms with Crippen molar-refractivity contribution in [1.82, 2.24) is 0 Å². The Morgan fingerprint density at radius 2 is 1.58 bits per heavy atom. The molecule has 0 spiro atoms. The van der Waals surface area contributed by atoms with E-state index in [1.807, 2.05) is 6.07 Å². The lowest BCUT2D eigenvalue weighted by atomic mass is 9.72. The summed E-state index contributed by atoms with van der Waals surface area (Å²) >= 11 is 0. The predicted molar refractivity (Wildman–Crippen MR) is 108 cm³/mol. The second-order valence-corrected chi connectivity index (χ2v) is 10.8. The molecule has 0 radical (unpaired) electrons. The number of benzene rings is 2. The number of hydrogen-bond donors (Lipinski definition) is 1. The minimum Gasteiger partial charge on any atom is -0.508 e. The van der Waals surface area contributed by atoms with Crippen molar-refractivity contribution in [3.05, 3.63) is 46.5 Å². The van der Waals surface area contributed by atoms with Gasteiger partial charge in [-0.1, -0.05) is 12.1 Å². The van der Waals surface area contributed by atoms with Crippen molar-refractivity contribution in [2.24, 2.45) is 5.92 Å². The van der Waals surface area contributed by atoms with Gasteiger partial charge in [0.05, 0.1) is 0 Å². The molecule has 2 saturated carbocycles. The molecule has 4 aliphatic rings. The van der Waals surface area contributed by atoms with Crippen LogP contribution in [0.15, 0.2) is 24.3 Å². The van der Waals surface area contributed by atoms with Crippen LogP contribution in [0.3, 0.4) is 0 Å². The van der Waals surface area contributed by atoms with Crippen molar-refractivity contribution >= 4 is 10.1 Å². The largest absolute Gasteiger partial charge is 0.534 e. The summed E-state index contributed by atoms with van der Waals surface area (Å²) in [4.78, 5) is 0. The Balaban J connectivity index is 1.52. The van der Waals surface area contributed by atoms with Crippen molar-refractivity contribution < 1.29 is 30.9 Å². The molecule has 4 nitrogen and oxygen atoms in total. The Hall–Kier alpha value is -2.22. The van der Waals surface area contributed by atoms with Gasteiger partial charge < -0.3 is 9.29 Å². The van der Waals surface area contributed by atoms with E-state index in [0.717, 1.165) is 59.9 Å². The fourth-order valence-electron chi connectivity index (χ4n) is 6.45. The molecular weight excluding hydrogens is 429 g/mol. The Morgan fingerprint density at radius 3 is 2.26 bits per heavy atom. The first-order valence-electron chi connectivity index (χ1n) is 10.7. The molecule has 164 valence electrons. The summed E-state index contributed by atoms with van der Waals surface area (Å²) in [5.74, 6) is 1.39. The van der Waals surface area contributed by atoms with E-state index in [2.05, 4.69) is 4.18 Å². The van der Waals surface area contributed by atoms with Crippen LogP contribution in [0, 0.1) is 5.92 Å². The second kappa shape index (κ2) is 6.18. The van der Waals surface area contributed by atoms with Crippen LogP contribution >= 0.6 is 0 Å². The van der Waals surface area contributed by atoms with E-state index >= 15 is 0 Å². The summed E-state index contributed by atoms with van der Waals surface area (Å²) in [6.07, 6.45) is 5.62. The number of halogens is 3. The lowest BCUT2D eigenvalue weighted by Gasteiger charge is -2.32. The van der Waals surface area contributed by atoms with Gasteiger partial charge in [-0.25, -0.2) is 0 Å². The Bertz CT molecular complexity index is 1220. The van der Waals surface area contributed by atoms with Crippen molar-refractivity contribution in [2.75, 3.05) is 0 Å². The third kappa shape index (κ3) is 2.63. The van der Waals surface area contributed by atoms with E-state index < -0.39 is 15.6 Å². The molecule has 31 heavy (non-hydrogen) atoms. The molecule has 4 unspecified atom stereocenters. The quantitative estimate of drug-likeness (QED) is 0.481.